The first-order valence-corrected chi connectivity index (χ1v) is 11.2. The summed E-state index contributed by atoms with van der Waals surface area (Å²) >= 11 is 3.31. The van der Waals surface area contributed by atoms with E-state index in [0.717, 1.165) is 0 Å². The minimum Gasteiger partial charge on any atom is -0.465 e. The molecule has 0 aliphatic carbocycles. The molecule has 21 heavy (non-hydrogen) atoms. The Morgan fingerprint density at radius 3 is 2.14 bits per heavy atom. The highest BCUT2D eigenvalue weighted by Gasteiger charge is 2.43. The molecule has 0 aliphatic rings. The van der Waals surface area contributed by atoms with Crippen LogP contribution in [0.4, 0.5) is 0 Å². The molecule has 0 amide bonds. The van der Waals surface area contributed by atoms with E-state index in [2.05, 4.69) is 49.8 Å². The molecule has 0 aromatic carbocycles. The lowest BCUT2D eigenvalue weighted by Crippen LogP contribution is -2.49. The summed E-state index contributed by atoms with van der Waals surface area (Å²) in [6, 6.07) is 0. The molecule has 0 unspecified atom stereocenters. The summed E-state index contributed by atoms with van der Waals surface area (Å²) in [4.78, 5) is 11.9. The third-order valence-electron chi connectivity index (χ3n) is 4.28. The van der Waals surface area contributed by atoms with Gasteiger partial charge in [-0.3, -0.25) is 4.79 Å². The quantitative estimate of drug-likeness (QED) is 0.414. The van der Waals surface area contributed by atoms with Crippen LogP contribution in [0.3, 0.4) is 0 Å². The molecular formula is C15H31BrO4Si. The zero-order chi connectivity index (χ0) is 17.1. The van der Waals surface area contributed by atoms with Gasteiger partial charge in [0, 0.05) is 12.5 Å². The van der Waals surface area contributed by atoms with Crippen LogP contribution in [0.25, 0.3) is 0 Å². The van der Waals surface area contributed by atoms with Crippen LogP contribution in [0.2, 0.25) is 18.1 Å². The zero-order valence-electron chi connectivity index (χ0n) is 14.6. The van der Waals surface area contributed by atoms with Gasteiger partial charge in [0.25, 0.3) is 0 Å². The summed E-state index contributed by atoms with van der Waals surface area (Å²) in [7, 11) is -1.86. The fourth-order valence-corrected chi connectivity index (χ4v) is 3.25. The Balaban J connectivity index is 4.73. The molecule has 0 saturated carbocycles. The molecule has 0 spiro atoms. The van der Waals surface area contributed by atoms with Gasteiger partial charge in [0.05, 0.1) is 12.7 Å². The molecule has 0 rings (SSSR count). The van der Waals surface area contributed by atoms with Crippen molar-refractivity contribution < 1.29 is 19.1 Å². The van der Waals surface area contributed by atoms with Crippen LogP contribution < -0.4 is 0 Å². The van der Waals surface area contributed by atoms with Crippen LogP contribution in [0, 0.1) is 5.92 Å². The summed E-state index contributed by atoms with van der Waals surface area (Å²) in [6.45, 7) is 16.9. The number of rotatable bonds is 7. The Bertz CT molecular complexity index is 350. The average molecular weight is 383 g/mol. The second-order valence-corrected chi connectivity index (χ2v) is 13.7. The Hall–Kier alpha value is 0.0869. The number of hydrogen-bond donors (Lipinski definition) is 1. The van der Waals surface area contributed by atoms with Crippen molar-refractivity contribution in [3.05, 3.63) is 0 Å². The molecule has 0 aromatic rings. The molecule has 4 nitrogen and oxygen atoms in total. The van der Waals surface area contributed by atoms with Gasteiger partial charge in [-0.05, 0) is 32.0 Å². The number of halogens is 1. The lowest BCUT2D eigenvalue weighted by atomic mass is 9.94. The molecule has 3 atom stereocenters. The molecule has 1 N–H and O–H groups in total. The van der Waals surface area contributed by atoms with Gasteiger partial charge in [-0.1, -0.05) is 43.6 Å². The lowest BCUT2D eigenvalue weighted by Gasteiger charge is -2.38. The van der Waals surface area contributed by atoms with Crippen LogP contribution in [0.5, 0.6) is 0 Å². The van der Waals surface area contributed by atoms with Crippen molar-refractivity contribution in [3.8, 4) is 0 Å². The van der Waals surface area contributed by atoms with Crippen LogP contribution in [0.1, 0.15) is 41.5 Å². The highest BCUT2D eigenvalue weighted by atomic mass is 79.9. The monoisotopic (exact) mass is 382 g/mol. The van der Waals surface area contributed by atoms with Crippen LogP contribution in [-0.4, -0.2) is 43.0 Å². The summed E-state index contributed by atoms with van der Waals surface area (Å²) in [5, 5.41) is 10.6. The number of carbonyl (C=O) groups excluding carboxylic acids is 1. The summed E-state index contributed by atoms with van der Waals surface area (Å²) in [5.41, 5.74) is 0. The van der Waals surface area contributed by atoms with Gasteiger partial charge < -0.3 is 14.3 Å². The van der Waals surface area contributed by atoms with E-state index in [1.807, 2.05) is 6.92 Å². The van der Waals surface area contributed by atoms with Crippen LogP contribution in [-0.2, 0) is 14.0 Å². The summed E-state index contributed by atoms with van der Waals surface area (Å²) < 4.78 is 10.0. The highest BCUT2D eigenvalue weighted by Crippen LogP contribution is 2.37. The van der Waals surface area contributed by atoms with Crippen molar-refractivity contribution in [2.45, 2.75) is 70.1 Å². The van der Waals surface area contributed by atoms with Crippen molar-refractivity contribution in [2.75, 3.05) is 13.2 Å². The first-order chi connectivity index (χ1) is 9.27. The number of ether oxygens (including phenoxy) is 1. The predicted octanol–water partition coefficient (Wildman–Crippen LogP) is 3.72. The third kappa shape index (κ3) is 5.66. The molecule has 0 fully saturated rings. The van der Waals surface area contributed by atoms with E-state index in [4.69, 9.17) is 9.16 Å². The normalized spacial score (nSPS) is 18.8. The average Bonchev–Trinajstić information content (AvgIpc) is 2.33. The van der Waals surface area contributed by atoms with E-state index >= 15 is 0 Å². The summed E-state index contributed by atoms with van der Waals surface area (Å²) in [6.07, 6.45) is -0.874. The smallest absolute Gasteiger partial charge is 0.325 e. The summed E-state index contributed by atoms with van der Waals surface area (Å²) in [5.74, 6) is -0.621. The third-order valence-corrected chi connectivity index (χ3v) is 9.58. The number of aliphatic hydroxyl groups excluding tert-OH is 1. The van der Waals surface area contributed by atoms with Crippen LogP contribution in [0.15, 0.2) is 0 Å². The number of hydrogen-bond acceptors (Lipinski definition) is 4. The minimum atomic E-state index is -1.86. The van der Waals surface area contributed by atoms with E-state index in [1.165, 1.54) is 0 Å². The first-order valence-electron chi connectivity index (χ1n) is 7.45. The van der Waals surface area contributed by atoms with Crippen molar-refractivity contribution >= 4 is 30.2 Å². The van der Waals surface area contributed by atoms with Gasteiger partial charge >= 0.3 is 5.97 Å². The molecule has 6 heteroatoms. The molecule has 0 saturated heterocycles. The topological polar surface area (TPSA) is 55.8 Å². The van der Waals surface area contributed by atoms with Gasteiger partial charge in [0.15, 0.2) is 8.32 Å². The number of esters is 1. The standard InChI is InChI=1S/C15H31BrO4Si/c1-9-19-13(18)15(6,16)12(17)11(2)10-20-21(7,8)14(3,4)5/h11-12,17H,9-10H2,1-8H3/t11-,12+,15-/m0/s1. The first kappa shape index (κ1) is 21.1. The molecule has 0 aliphatic heterocycles. The minimum absolute atomic E-state index is 0.122. The van der Waals surface area contributed by atoms with E-state index in [9.17, 15) is 9.90 Å². The van der Waals surface area contributed by atoms with Crippen molar-refractivity contribution in [3.63, 3.8) is 0 Å². The molecular weight excluding hydrogens is 352 g/mol. The molecule has 0 heterocycles. The van der Waals surface area contributed by atoms with Gasteiger partial charge in [-0.2, -0.15) is 0 Å². The fraction of sp³-hybridized carbons (Fsp3) is 0.933. The van der Waals surface area contributed by atoms with E-state index < -0.39 is 24.7 Å². The van der Waals surface area contributed by atoms with Gasteiger partial charge in [-0.15, -0.1) is 0 Å². The maximum atomic E-state index is 11.9. The Morgan fingerprint density at radius 2 is 1.76 bits per heavy atom. The second-order valence-electron chi connectivity index (χ2n) is 7.29. The van der Waals surface area contributed by atoms with E-state index in [1.54, 1.807) is 13.8 Å². The van der Waals surface area contributed by atoms with Crippen molar-refractivity contribution in [1.29, 1.82) is 0 Å². The molecule has 126 valence electrons. The van der Waals surface area contributed by atoms with E-state index in [-0.39, 0.29) is 11.0 Å². The van der Waals surface area contributed by atoms with E-state index in [0.29, 0.717) is 13.2 Å². The van der Waals surface area contributed by atoms with Crippen molar-refractivity contribution in [1.82, 2.24) is 0 Å². The van der Waals surface area contributed by atoms with Gasteiger partial charge in [0.1, 0.15) is 4.32 Å². The predicted molar refractivity (Wildman–Crippen MR) is 92.3 cm³/mol. The highest BCUT2D eigenvalue weighted by molar-refractivity contribution is 9.10. The number of carbonyl (C=O) groups is 1. The zero-order valence-corrected chi connectivity index (χ0v) is 17.2. The maximum absolute atomic E-state index is 11.9. The van der Waals surface area contributed by atoms with Gasteiger partial charge in [0.2, 0.25) is 0 Å². The second kappa shape index (κ2) is 7.57. The molecule has 0 aromatic heterocycles. The Morgan fingerprint density at radius 1 is 1.29 bits per heavy atom. The molecule has 0 radical (unpaired) electrons. The lowest BCUT2D eigenvalue weighted by molar-refractivity contribution is -0.149. The largest absolute Gasteiger partial charge is 0.465 e. The Labute approximate surface area is 138 Å². The molecule has 0 bridgehead atoms. The van der Waals surface area contributed by atoms with Gasteiger partial charge in [-0.25, -0.2) is 0 Å². The number of aliphatic hydroxyl groups is 1. The van der Waals surface area contributed by atoms with Crippen LogP contribution >= 0.6 is 15.9 Å². The SMILES string of the molecule is CCOC(=O)[C@@](C)(Br)[C@H](O)[C@@H](C)CO[Si](C)(C)C(C)(C)C. The Kier molecular flexibility index (Phi) is 7.60. The maximum Gasteiger partial charge on any atom is 0.325 e. The van der Waals surface area contributed by atoms with Crippen molar-refractivity contribution in [2.24, 2.45) is 5.92 Å². The number of alkyl halides is 1. The fourth-order valence-electron chi connectivity index (χ4n) is 1.57.